The molecule has 2 rings (SSSR count). The summed E-state index contributed by atoms with van der Waals surface area (Å²) in [6.45, 7) is 7.46. The van der Waals surface area contributed by atoms with Crippen molar-refractivity contribution in [2.75, 3.05) is 20.1 Å². The number of hydrogen-bond acceptors (Lipinski definition) is 2. The Balaban J connectivity index is 1.81. The summed E-state index contributed by atoms with van der Waals surface area (Å²) in [6.07, 6.45) is 5.60. The van der Waals surface area contributed by atoms with Gasteiger partial charge in [0.25, 0.3) is 0 Å². The SMILES string of the molecule is CNC1CCC(N2CCC(C(C)C)C2)C1. The first kappa shape index (κ1) is 11.4. The zero-order chi connectivity index (χ0) is 10.8. The second-order valence-electron chi connectivity index (χ2n) is 5.74. The van der Waals surface area contributed by atoms with Crippen molar-refractivity contribution in [2.45, 2.75) is 51.6 Å². The normalized spacial score (nSPS) is 38.0. The standard InChI is InChI=1S/C13H26N2/c1-10(2)11-6-7-15(9-11)13-5-4-12(8-13)14-3/h10-14H,4-9H2,1-3H3. The maximum absolute atomic E-state index is 3.42. The highest BCUT2D eigenvalue weighted by Gasteiger charge is 2.33. The van der Waals surface area contributed by atoms with E-state index in [2.05, 4.69) is 31.1 Å². The van der Waals surface area contributed by atoms with Crippen LogP contribution in [0.15, 0.2) is 0 Å². The van der Waals surface area contributed by atoms with Crippen LogP contribution in [0.1, 0.15) is 39.5 Å². The number of rotatable bonds is 3. The summed E-state index contributed by atoms with van der Waals surface area (Å²) < 4.78 is 0. The van der Waals surface area contributed by atoms with Crippen molar-refractivity contribution in [3.8, 4) is 0 Å². The van der Waals surface area contributed by atoms with E-state index in [-0.39, 0.29) is 0 Å². The van der Waals surface area contributed by atoms with Crippen molar-refractivity contribution < 1.29 is 0 Å². The fourth-order valence-corrected chi connectivity index (χ4v) is 3.24. The van der Waals surface area contributed by atoms with Crippen LogP contribution in [-0.4, -0.2) is 37.1 Å². The lowest BCUT2D eigenvalue weighted by Crippen LogP contribution is -2.33. The van der Waals surface area contributed by atoms with Gasteiger partial charge >= 0.3 is 0 Å². The first-order valence-corrected chi connectivity index (χ1v) is 6.62. The summed E-state index contributed by atoms with van der Waals surface area (Å²) in [5, 5.41) is 3.42. The fourth-order valence-electron chi connectivity index (χ4n) is 3.24. The molecule has 1 aliphatic carbocycles. The quantitative estimate of drug-likeness (QED) is 0.767. The summed E-state index contributed by atoms with van der Waals surface area (Å²) in [6, 6.07) is 1.67. The van der Waals surface area contributed by atoms with Crippen LogP contribution in [0.3, 0.4) is 0 Å². The largest absolute Gasteiger partial charge is 0.317 e. The molecule has 15 heavy (non-hydrogen) atoms. The molecule has 0 aromatic heterocycles. The van der Waals surface area contributed by atoms with Gasteiger partial charge in [-0.15, -0.1) is 0 Å². The third-order valence-corrected chi connectivity index (χ3v) is 4.53. The highest BCUT2D eigenvalue weighted by atomic mass is 15.2. The second-order valence-corrected chi connectivity index (χ2v) is 5.74. The average molecular weight is 210 g/mol. The predicted octanol–water partition coefficient (Wildman–Crippen LogP) is 2.10. The van der Waals surface area contributed by atoms with Gasteiger partial charge in [-0.2, -0.15) is 0 Å². The van der Waals surface area contributed by atoms with Gasteiger partial charge in [-0.25, -0.2) is 0 Å². The Morgan fingerprint density at radius 1 is 1.20 bits per heavy atom. The second kappa shape index (κ2) is 4.84. The number of likely N-dealkylation sites (tertiary alicyclic amines) is 1. The molecule has 1 saturated carbocycles. The predicted molar refractivity (Wildman–Crippen MR) is 65.0 cm³/mol. The van der Waals surface area contributed by atoms with Crippen LogP contribution in [0.5, 0.6) is 0 Å². The van der Waals surface area contributed by atoms with E-state index in [1.54, 1.807) is 0 Å². The molecule has 0 amide bonds. The van der Waals surface area contributed by atoms with Crippen molar-refractivity contribution in [2.24, 2.45) is 11.8 Å². The summed E-state index contributed by atoms with van der Waals surface area (Å²) in [4.78, 5) is 2.75. The maximum Gasteiger partial charge on any atom is 0.0111 e. The van der Waals surface area contributed by atoms with E-state index in [9.17, 15) is 0 Å². The van der Waals surface area contributed by atoms with Crippen LogP contribution in [-0.2, 0) is 0 Å². The topological polar surface area (TPSA) is 15.3 Å². The summed E-state index contributed by atoms with van der Waals surface area (Å²) in [7, 11) is 2.11. The Morgan fingerprint density at radius 3 is 2.53 bits per heavy atom. The van der Waals surface area contributed by atoms with Crippen LogP contribution in [0.25, 0.3) is 0 Å². The number of nitrogens with one attached hydrogen (secondary N) is 1. The molecule has 2 aliphatic rings. The third-order valence-electron chi connectivity index (χ3n) is 4.53. The van der Waals surface area contributed by atoms with Crippen LogP contribution in [0, 0.1) is 11.8 Å². The molecule has 1 saturated heterocycles. The van der Waals surface area contributed by atoms with Gasteiger partial charge in [0.2, 0.25) is 0 Å². The molecule has 0 aromatic rings. The fraction of sp³-hybridized carbons (Fsp3) is 1.00. The molecule has 3 unspecified atom stereocenters. The molecule has 1 heterocycles. The maximum atomic E-state index is 3.42. The third kappa shape index (κ3) is 2.54. The van der Waals surface area contributed by atoms with Gasteiger partial charge in [0.1, 0.15) is 0 Å². The number of hydrogen-bond donors (Lipinski definition) is 1. The molecule has 0 aromatic carbocycles. The van der Waals surface area contributed by atoms with Crippen LogP contribution < -0.4 is 5.32 Å². The first-order valence-electron chi connectivity index (χ1n) is 6.62. The minimum Gasteiger partial charge on any atom is -0.317 e. The molecule has 1 aliphatic heterocycles. The molecule has 3 atom stereocenters. The van der Waals surface area contributed by atoms with Gasteiger partial charge in [0.15, 0.2) is 0 Å². The van der Waals surface area contributed by atoms with E-state index < -0.39 is 0 Å². The molecule has 0 spiro atoms. The highest BCUT2D eigenvalue weighted by Crippen LogP contribution is 2.31. The van der Waals surface area contributed by atoms with Crippen molar-refractivity contribution in [3.63, 3.8) is 0 Å². The van der Waals surface area contributed by atoms with Crippen molar-refractivity contribution in [3.05, 3.63) is 0 Å². The van der Waals surface area contributed by atoms with E-state index >= 15 is 0 Å². The number of nitrogens with zero attached hydrogens (tertiary/aromatic N) is 1. The Hall–Kier alpha value is -0.0800. The smallest absolute Gasteiger partial charge is 0.0111 e. The molecule has 88 valence electrons. The Kier molecular flexibility index (Phi) is 3.68. The molecule has 2 heteroatoms. The van der Waals surface area contributed by atoms with E-state index in [1.807, 2.05) is 0 Å². The van der Waals surface area contributed by atoms with Gasteiger partial charge in [0, 0.05) is 18.6 Å². The molecular weight excluding hydrogens is 184 g/mol. The van der Waals surface area contributed by atoms with Crippen LogP contribution in [0.4, 0.5) is 0 Å². The lowest BCUT2D eigenvalue weighted by Gasteiger charge is -2.24. The molecule has 0 bridgehead atoms. The van der Waals surface area contributed by atoms with Gasteiger partial charge in [-0.3, -0.25) is 0 Å². The summed E-state index contributed by atoms with van der Waals surface area (Å²) in [5.74, 6) is 1.83. The molecule has 2 nitrogen and oxygen atoms in total. The first-order chi connectivity index (χ1) is 7.20. The minimum atomic E-state index is 0.785. The summed E-state index contributed by atoms with van der Waals surface area (Å²) >= 11 is 0. The lowest BCUT2D eigenvalue weighted by atomic mass is 9.95. The van der Waals surface area contributed by atoms with E-state index in [0.717, 1.165) is 23.9 Å². The van der Waals surface area contributed by atoms with Crippen LogP contribution >= 0.6 is 0 Å². The Bertz CT molecular complexity index is 203. The van der Waals surface area contributed by atoms with Gasteiger partial charge in [-0.05, 0) is 51.1 Å². The highest BCUT2D eigenvalue weighted by molar-refractivity contribution is 4.90. The Morgan fingerprint density at radius 2 is 2.00 bits per heavy atom. The van der Waals surface area contributed by atoms with E-state index in [0.29, 0.717) is 0 Å². The van der Waals surface area contributed by atoms with E-state index in [4.69, 9.17) is 0 Å². The van der Waals surface area contributed by atoms with E-state index in [1.165, 1.54) is 38.8 Å². The van der Waals surface area contributed by atoms with Crippen LogP contribution in [0.2, 0.25) is 0 Å². The average Bonchev–Trinajstić information content (AvgIpc) is 2.86. The van der Waals surface area contributed by atoms with Gasteiger partial charge < -0.3 is 10.2 Å². The van der Waals surface area contributed by atoms with Gasteiger partial charge in [-0.1, -0.05) is 13.8 Å². The minimum absolute atomic E-state index is 0.785. The molecule has 0 radical (unpaired) electrons. The van der Waals surface area contributed by atoms with Crippen molar-refractivity contribution in [1.82, 2.24) is 10.2 Å². The Labute approximate surface area is 94.4 Å². The molecular formula is C13H26N2. The zero-order valence-corrected chi connectivity index (χ0v) is 10.5. The summed E-state index contributed by atoms with van der Waals surface area (Å²) in [5.41, 5.74) is 0. The molecule has 2 fully saturated rings. The van der Waals surface area contributed by atoms with Gasteiger partial charge in [0.05, 0.1) is 0 Å². The lowest BCUT2D eigenvalue weighted by molar-refractivity contribution is 0.225. The zero-order valence-electron chi connectivity index (χ0n) is 10.5. The van der Waals surface area contributed by atoms with Crippen molar-refractivity contribution >= 4 is 0 Å². The van der Waals surface area contributed by atoms with Crippen molar-refractivity contribution in [1.29, 1.82) is 0 Å². The monoisotopic (exact) mass is 210 g/mol. The molecule has 1 N–H and O–H groups in total.